The van der Waals surface area contributed by atoms with Crippen LogP contribution < -0.4 is 11.1 Å². The number of hydrogen-bond donors (Lipinski definition) is 2. The van der Waals surface area contributed by atoms with Gasteiger partial charge in [0, 0.05) is 12.6 Å². The molecule has 0 aromatic carbocycles. The van der Waals surface area contributed by atoms with Gasteiger partial charge in [0.25, 0.3) is 0 Å². The zero-order valence-electron chi connectivity index (χ0n) is 13.1. The molecule has 0 saturated carbocycles. The third-order valence-electron chi connectivity index (χ3n) is 4.87. The first-order valence-electron chi connectivity index (χ1n) is 7.58. The zero-order valence-corrected chi connectivity index (χ0v) is 13.9. The molecule has 4 nitrogen and oxygen atoms in total. The van der Waals surface area contributed by atoms with E-state index in [0.717, 1.165) is 25.7 Å². The van der Waals surface area contributed by atoms with E-state index in [-0.39, 0.29) is 22.5 Å². The molecule has 0 aromatic heterocycles. The van der Waals surface area contributed by atoms with Crippen molar-refractivity contribution >= 4 is 23.1 Å². The molecule has 3 N–H and O–H groups in total. The number of nitrogens with two attached hydrogens (primary N) is 1. The highest BCUT2D eigenvalue weighted by Crippen LogP contribution is 2.32. The molecule has 1 heterocycles. The fourth-order valence-electron chi connectivity index (χ4n) is 2.69. The number of carbonyl (C=O) groups is 1. The lowest BCUT2D eigenvalue weighted by Gasteiger charge is -2.41. The predicted molar refractivity (Wildman–Crippen MR) is 85.6 cm³/mol. The van der Waals surface area contributed by atoms with Gasteiger partial charge in [0.1, 0.15) is 0 Å². The van der Waals surface area contributed by atoms with Gasteiger partial charge in [-0.15, -0.1) is 0 Å². The molecule has 1 aliphatic heterocycles. The van der Waals surface area contributed by atoms with Gasteiger partial charge in [0.05, 0.1) is 16.0 Å². The monoisotopic (exact) mass is 300 g/mol. The molecule has 0 aliphatic carbocycles. The minimum Gasteiger partial charge on any atom is -0.392 e. The number of ether oxygens (including phenoxy) is 1. The molecule has 0 aromatic rings. The van der Waals surface area contributed by atoms with Gasteiger partial charge < -0.3 is 15.8 Å². The summed E-state index contributed by atoms with van der Waals surface area (Å²) >= 11 is 5.06. The standard InChI is InChI=1S/C15H28N2O2S/c1-5-14(4,12(16)20)13(18)17-11-8-9-19-15(6-2,7-3)10-11/h11H,5-10H2,1-4H3,(H2,16,20)(H,17,18). The number of carbonyl (C=O) groups excluding carboxylic acids is 1. The van der Waals surface area contributed by atoms with Crippen LogP contribution in [0.25, 0.3) is 0 Å². The van der Waals surface area contributed by atoms with Crippen LogP contribution in [0.1, 0.15) is 59.8 Å². The minimum absolute atomic E-state index is 0.0551. The van der Waals surface area contributed by atoms with Gasteiger partial charge in [-0.3, -0.25) is 4.79 Å². The number of hydrogen-bond acceptors (Lipinski definition) is 3. The van der Waals surface area contributed by atoms with Crippen molar-refractivity contribution in [3.05, 3.63) is 0 Å². The maximum Gasteiger partial charge on any atom is 0.232 e. The molecule has 2 unspecified atom stereocenters. The Labute approximate surface area is 127 Å². The maximum atomic E-state index is 12.5. The summed E-state index contributed by atoms with van der Waals surface area (Å²) in [5.41, 5.74) is 4.89. The zero-order chi connectivity index (χ0) is 15.4. The fraction of sp³-hybridized carbons (Fsp3) is 0.867. The molecule has 0 spiro atoms. The van der Waals surface area contributed by atoms with Crippen molar-refractivity contribution in [3.8, 4) is 0 Å². The van der Waals surface area contributed by atoms with Crippen molar-refractivity contribution < 1.29 is 9.53 Å². The first kappa shape index (κ1) is 17.4. The first-order valence-corrected chi connectivity index (χ1v) is 7.99. The molecule has 1 rings (SSSR count). The van der Waals surface area contributed by atoms with Gasteiger partial charge in [-0.1, -0.05) is 33.0 Å². The van der Waals surface area contributed by atoms with Crippen LogP contribution in [-0.2, 0) is 9.53 Å². The average molecular weight is 300 g/mol. The van der Waals surface area contributed by atoms with E-state index < -0.39 is 5.41 Å². The Morgan fingerprint density at radius 3 is 2.50 bits per heavy atom. The third-order valence-corrected chi connectivity index (χ3v) is 5.32. The molecule has 1 aliphatic rings. The van der Waals surface area contributed by atoms with Crippen molar-refractivity contribution in [1.29, 1.82) is 0 Å². The highest BCUT2D eigenvalue weighted by atomic mass is 32.1. The van der Waals surface area contributed by atoms with Crippen molar-refractivity contribution in [2.75, 3.05) is 6.61 Å². The van der Waals surface area contributed by atoms with Gasteiger partial charge in [0.2, 0.25) is 5.91 Å². The van der Waals surface area contributed by atoms with E-state index in [1.165, 1.54) is 0 Å². The molecule has 1 amide bonds. The van der Waals surface area contributed by atoms with E-state index in [1.54, 1.807) is 0 Å². The second-order valence-electron chi connectivity index (χ2n) is 5.95. The van der Waals surface area contributed by atoms with Crippen LogP contribution in [0.4, 0.5) is 0 Å². The lowest BCUT2D eigenvalue weighted by molar-refractivity contribution is -0.131. The summed E-state index contributed by atoms with van der Waals surface area (Å²) < 4.78 is 5.93. The van der Waals surface area contributed by atoms with Crippen LogP contribution in [-0.4, -0.2) is 29.1 Å². The fourth-order valence-corrected chi connectivity index (χ4v) is 2.92. The number of nitrogens with one attached hydrogen (secondary N) is 1. The van der Waals surface area contributed by atoms with E-state index in [0.29, 0.717) is 13.0 Å². The topological polar surface area (TPSA) is 64.4 Å². The van der Waals surface area contributed by atoms with Gasteiger partial charge in [-0.05, 0) is 39.0 Å². The summed E-state index contributed by atoms with van der Waals surface area (Å²) in [6.45, 7) is 8.72. The Balaban J connectivity index is 2.73. The lowest BCUT2D eigenvalue weighted by atomic mass is 9.83. The number of thiocarbonyl (C=S) groups is 1. The van der Waals surface area contributed by atoms with Crippen LogP contribution in [0.2, 0.25) is 0 Å². The smallest absolute Gasteiger partial charge is 0.232 e. The van der Waals surface area contributed by atoms with Gasteiger partial charge in [0.15, 0.2) is 0 Å². The second kappa shape index (κ2) is 6.85. The van der Waals surface area contributed by atoms with Crippen molar-refractivity contribution in [1.82, 2.24) is 5.32 Å². The van der Waals surface area contributed by atoms with Crippen LogP contribution in [0.5, 0.6) is 0 Å². The van der Waals surface area contributed by atoms with Gasteiger partial charge in [-0.2, -0.15) is 0 Å². The Hall–Kier alpha value is -0.680. The van der Waals surface area contributed by atoms with E-state index in [1.807, 2.05) is 13.8 Å². The molecular weight excluding hydrogens is 272 g/mol. The van der Waals surface area contributed by atoms with E-state index in [2.05, 4.69) is 19.2 Å². The normalized spacial score (nSPS) is 24.7. The van der Waals surface area contributed by atoms with Crippen molar-refractivity contribution in [2.45, 2.75) is 71.4 Å². The van der Waals surface area contributed by atoms with E-state index >= 15 is 0 Å². The average Bonchev–Trinajstić information content (AvgIpc) is 2.46. The highest BCUT2D eigenvalue weighted by Gasteiger charge is 2.39. The highest BCUT2D eigenvalue weighted by molar-refractivity contribution is 7.80. The molecule has 5 heteroatoms. The summed E-state index contributed by atoms with van der Waals surface area (Å²) in [6.07, 6.45) is 4.27. The Kier molecular flexibility index (Phi) is 5.95. The molecule has 116 valence electrons. The van der Waals surface area contributed by atoms with Gasteiger partial charge in [-0.25, -0.2) is 0 Å². The van der Waals surface area contributed by atoms with Gasteiger partial charge >= 0.3 is 0 Å². The summed E-state index contributed by atoms with van der Waals surface area (Å²) in [7, 11) is 0. The molecule has 0 radical (unpaired) electrons. The Morgan fingerprint density at radius 2 is 2.05 bits per heavy atom. The van der Waals surface area contributed by atoms with Crippen LogP contribution >= 0.6 is 12.2 Å². The molecule has 1 saturated heterocycles. The van der Waals surface area contributed by atoms with E-state index in [9.17, 15) is 4.79 Å². The first-order chi connectivity index (χ1) is 9.33. The third kappa shape index (κ3) is 3.50. The SMILES string of the molecule is CCC1(CC)CC(NC(=O)C(C)(CC)C(N)=S)CCO1. The number of rotatable bonds is 6. The molecular formula is C15H28N2O2S. The van der Waals surface area contributed by atoms with Crippen LogP contribution in [0.3, 0.4) is 0 Å². The largest absolute Gasteiger partial charge is 0.392 e. The molecule has 1 fully saturated rings. The van der Waals surface area contributed by atoms with Crippen LogP contribution in [0, 0.1) is 5.41 Å². The quantitative estimate of drug-likeness (QED) is 0.740. The minimum atomic E-state index is -0.755. The Bertz CT molecular complexity index is 369. The van der Waals surface area contributed by atoms with E-state index in [4.69, 9.17) is 22.7 Å². The predicted octanol–water partition coefficient (Wildman–Crippen LogP) is 2.54. The second-order valence-corrected chi connectivity index (χ2v) is 6.39. The van der Waals surface area contributed by atoms with Crippen LogP contribution in [0.15, 0.2) is 0 Å². The van der Waals surface area contributed by atoms with Crippen molar-refractivity contribution in [3.63, 3.8) is 0 Å². The molecule has 2 atom stereocenters. The molecule has 20 heavy (non-hydrogen) atoms. The summed E-state index contributed by atoms with van der Waals surface area (Å²) in [6, 6.07) is 0.149. The lowest BCUT2D eigenvalue weighted by Crippen LogP contribution is -2.53. The Morgan fingerprint density at radius 1 is 1.45 bits per heavy atom. The summed E-state index contributed by atoms with van der Waals surface area (Å²) in [5, 5.41) is 3.13. The summed E-state index contributed by atoms with van der Waals surface area (Å²) in [4.78, 5) is 12.7. The summed E-state index contributed by atoms with van der Waals surface area (Å²) in [5.74, 6) is -0.0551. The van der Waals surface area contributed by atoms with Crippen molar-refractivity contribution in [2.24, 2.45) is 11.1 Å². The number of amides is 1. The maximum absolute atomic E-state index is 12.5. The molecule has 0 bridgehead atoms.